The van der Waals surface area contributed by atoms with Crippen LogP contribution in [0.15, 0.2) is 122 Å². The largest absolute Gasteiger partial charge is 0.497 e. The van der Waals surface area contributed by atoms with Gasteiger partial charge in [-0.3, -0.25) is 9.36 Å². The van der Waals surface area contributed by atoms with Gasteiger partial charge in [0.15, 0.2) is 28.9 Å². The highest BCUT2D eigenvalue weighted by molar-refractivity contribution is 7.44. The molecule has 6 aromatic rings. The summed E-state index contributed by atoms with van der Waals surface area (Å²) in [6.07, 6.45) is 4.24. The van der Waals surface area contributed by atoms with Crippen molar-refractivity contribution in [1.29, 1.82) is 5.26 Å². The number of nitrogens with one attached hydrogen (secondary N) is 1. The molecular weight excluding hydrogens is 861 g/mol. The molecule has 2 aromatic heterocycles. The minimum absolute atomic E-state index is 0.0390. The number of rotatable bonds is 20. The third kappa shape index (κ3) is 9.79. The zero-order chi connectivity index (χ0) is 46.8. The van der Waals surface area contributed by atoms with Gasteiger partial charge < -0.3 is 33.3 Å². The molecule has 1 aliphatic rings. The lowest BCUT2D eigenvalue weighted by molar-refractivity contribution is -0.0944. The van der Waals surface area contributed by atoms with Crippen LogP contribution in [0, 0.1) is 23.7 Å². The van der Waals surface area contributed by atoms with Crippen LogP contribution in [-0.4, -0.2) is 87.5 Å². The molecular formula is C50H53FN7O7P. The second-order valence-corrected chi connectivity index (χ2v) is 17.5. The Morgan fingerprint density at radius 3 is 2.06 bits per heavy atom. The van der Waals surface area contributed by atoms with Gasteiger partial charge >= 0.3 is 0 Å². The molecule has 66 heavy (non-hydrogen) atoms. The number of benzene rings is 4. The molecule has 0 bridgehead atoms. The Kier molecular flexibility index (Phi) is 15.4. The minimum Gasteiger partial charge on any atom is -0.497 e. The summed E-state index contributed by atoms with van der Waals surface area (Å²) in [6, 6.07) is 35.4. The van der Waals surface area contributed by atoms with Crippen molar-refractivity contribution in [2.75, 3.05) is 32.8 Å². The van der Waals surface area contributed by atoms with Crippen LogP contribution >= 0.6 is 8.53 Å². The van der Waals surface area contributed by atoms with Gasteiger partial charge in [-0.25, -0.2) is 24.0 Å². The number of amides is 1. The number of halogens is 1. The molecule has 0 aliphatic carbocycles. The third-order valence-electron chi connectivity index (χ3n) is 11.3. The molecule has 0 radical (unpaired) electrons. The molecule has 342 valence electrons. The van der Waals surface area contributed by atoms with E-state index in [9.17, 15) is 10.1 Å². The number of nitrogens with zero attached hydrogens (tertiary/aromatic N) is 6. The predicted octanol–water partition coefficient (Wildman–Crippen LogP) is 9.39. The highest BCUT2D eigenvalue weighted by atomic mass is 31.2. The molecule has 0 spiro atoms. The van der Waals surface area contributed by atoms with E-state index in [0.717, 1.165) is 16.7 Å². The van der Waals surface area contributed by atoms with Crippen LogP contribution in [0.4, 0.5) is 10.2 Å². The number of aromatic nitrogens is 4. The van der Waals surface area contributed by atoms with Crippen LogP contribution in [0.2, 0.25) is 0 Å². The van der Waals surface area contributed by atoms with Gasteiger partial charge in [0.1, 0.15) is 35.6 Å². The van der Waals surface area contributed by atoms with E-state index in [4.69, 9.17) is 34.4 Å². The SMILES string of the molecule is C#CC[C@@]1(F)[C@H](OP(OCCC#N)N(C(C)C)C(C)C)[C@@H](COC(c2ccccc2)(c2ccc(OC)cc2)c2ccc(OC)cc2)O[C@H]1n1cnc2c(NC(=O)c3ccccc3)ncnc21. The fourth-order valence-electron chi connectivity index (χ4n) is 8.28. The van der Waals surface area contributed by atoms with Gasteiger partial charge in [0.25, 0.3) is 14.4 Å². The summed E-state index contributed by atoms with van der Waals surface area (Å²) in [5.74, 6) is 3.54. The average molecular weight is 914 g/mol. The van der Waals surface area contributed by atoms with Crippen molar-refractivity contribution < 1.29 is 37.2 Å². The summed E-state index contributed by atoms with van der Waals surface area (Å²) < 4.78 is 61.0. The summed E-state index contributed by atoms with van der Waals surface area (Å²) in [5.41, 5.74) is -0.737. The zero-order valence-corrected chi connectivity index (χ0v) is 38.6. The van der Waals surface area contributed by atoms with Crippen molar-refractivity contribution in [3.63, 3.8) is 0 Å². The van der Waals surface area contributed by atoms with Gasteiger partial charge in [-0.15, -0.1) is 12.3 Å². The number of hydrogen-bond donors (Lipinski definition) is 1. The molecule has 1 fully saturated rings. The fraction of sp³-hybridized carbons (Fsp3) is 0.340. The highest BCUT2D eigenvalue weighted by Crippen LogP contribution is 2.55. The maximum absolute atomic E-state index is 18.9. The number of hydrogen-bond acceptors (Lipinski definition) is 12. The summed E-state index contributed by atoms with van der Waals surface area (Å²) in [4.78, 5) is 26.7. The number of ether oxygens (including phenoxy) is 4. The number of carbonyl (C=O) groups excluding carboxylic acids is 1. The Labute approximate surface area is 386 Å². The number of terminal acetylenes is 1. The third-order valence-corrected chi connectivity index (χ3v) is 13.4. The van der Waals surface area contributed by atoms with Crippen molar-refractivity contribution in [1.82, 2.24) is 24.2 Å². The topological polar surface area (TPSA) is 155 Å². The maximum atomic E-state index is 18.9. The number of carbonyl (C=O) groups is 1. The number of imidazole rings is 1. The van der Waals surface area contributed by atoms with E-state index < -0.39 is 50.6 Å². The lowest BCUT2D eigenvalue weighted by Gasteiger charge is -2.40. The number of alkyl halides is 1. The first-order valence-electron chi connectivity index (χ1n) is 21.5. The molecule has 16 heteroatoms. The monoisotopic (exact) mass is 913 g/mol. The van der Waals surface area contributed by atoms with Gasteiger partial charge in [0.05, 0.1) is 52.7 Å². The number of methoxy groups -OCH3 is 2. The Hall–Kier alpha value is -6.29. The van der Waals surface area contributed by atoms with E-state index in [-0.39, 0.29) is 48.7 Å². The van der Waals surface area contributed by atoms with Gasteiger partial charge in [0.2, 0.25) is 0 Å². The lowest BCUT2D eigenvalue weighted by Crippen LogP contribution is -2.47. The molecule has 1 saturated heterocycles. The van der Waals surface area contributed by atoms with Gasteiger partial charge in [-0.1, -0.05) is 72.8 Å². The normalized spacial score (nSPS) is 18.9. The van der Waals surface area contributed by atoms with Crippen molar-refractivity contribution in [3.8, 4) is 29.9 Å². The van der Waals surface area contributed by atoms with Crippen LogP contribution < -0.4 is 14.8 Å². The van der Waals surface area contributed by atoms with Gasteiger partial charge in [0, 0.05) is 17.6 Å². The van der Waals surface area contributed by atoms with Crippen LogP contribution in [0.25, 0.3) is 11.2 Å². The van der Waals surface area contributed by atoms with Crippen LogP contribution in [0.3, 0.4) is 0 Å². The lowest BCUT2D eigenvalue weighted by atomic mass is 9.80. The minimum atomic E-state index is -2.47. The summed E-state index contributed by atoms with van der Waals surface area (Å²) in [6.45, 7) is 7.78. The maximum Gasteiger partial charge on any atom is 0.259 e. The van der Waals surface area contributed by atoms with Gasteiger partial charge in [-0.05, 0) is 80.8 Å². The summed E-state index contributed by atoms with van der Waals surface area (Å²) >= 11 is 0. The second-order valence-electron chi connectivity index (χ2n) is 16.1. The van der Waals surface area contributed by atoms with E-state index in [1.54, 1.807) is 38.5 Å². The van der Waals surface area contributed by atoms with E-state index in [1.807, 2.05) is 117 Å². The molecule has 1 aliphatic heterocycles. The Morgan fingerprint density at radius 1 is 0.909 bits per heavy atom. The molecule has 1 N–H and O–H groups in total. The van der Waals surface area contributed by atoms with Crippen molar-refractivity contribution in [2.24, 2.45) is 0 Å². The van der Waals surface area contributed by atoms with Crippen molar-refractivity contribution in [2.45, 2.75) is 82.3 Å². The summed E-state index contributed by atoms with van der Waals surface area (Å²) in [7, 11) is 1.16. The molecule has 0 saturated carbocycles. The standard InChI is InChI=1S/C50H53FN7O7P/c1-8-28-49(51)44(65-66(63-30-15-29-52)58(34(2)3)35(4)5)42(64-48(49)57-33-55-43-45(53-32-54-46(43)57)56-47(59)36-16-11-9-12-17-36)31-62-50(37-18-13-10-14-19-37,38-20-24-40(60-6)25-21-38)39-22-26-41(61-7)27-23-39/h1,9-14,16-27,32-35,42,44,48H,15,28,30-31H2,2-7H3,(H,53,54,56,59)/t42-,44-,48-,49-,66?/m1/s1. The van der Waals surface area contributed by atoms with Gasteiger partial charge in [-0.2, -0.15) is 5.26 Å². The van der Waals surface area contributed by atoms with E-state index in [0.29, 0.717) is 17.1 Å². The van der Waals surface area contributed by atoms with E-state index in [1.165, 1.54) is 17.2 Å². The first kappa shape index (κ1) is 47.7. The number of anilines is 1. The van der Waals surface area contributed by atoms with E-state index >= 15 is 4.39 Å². The number of fused-ring (bicyclic) bond motifs is 1. The smallest absolute Gasteiger partial charge is 0.259 e. The molecule has 14 nitrogen and oxygen atoms in total. The Morgan fingerprint density at radius 2 is 1.50 bits per heavy atom. The van der Waals surface area contributed by atoms with Crippen LogP contribution in [0.5, 0.6) is 11.5 Å². The fourth-order valence-corrected chi connectivity index (χ4v) is 10.1. The molecule has 4 aromatic carbocycles. The summed E-state index contributed by atoms with van der Waals surface area (Å²) in [5, 5.41) is 12.3. The highest BCUT2D eigenvalue weighted by Gasteiger charge is 2.61. The quantitative estimate of drug-likeness (QED) is 0.0336. The molecule has 3 heterocycles. The van der Waals surface area contributed by atoms with Crippen LogP contribution in [0.1, 0.15) is 73.8 Å². The average Bonchev–Trinajstić information content (AvgIpc) is 3.88. The zero-order valence-electron chi connectivity index (χ0n) is 37.7. The Balaban J connectivity index is 1.37. The molecule has 1 unspecified atom stereocenters. The van der Waals surface area contributed by atoms with Crippen LogP contribution in [-0.2, 0) is 24.1 Å². The van der Waals surface area contributed by atoms with E-state index in [2.05, 4.69) is 32.3 Å². The first-order chi connectivity index (χ1) is 32.0. The molecule has 5 atom stereocenters. The van der Waals surface area contributed by atoms with Crippen molar-refractivity contribution in [3.05, 3.63) is 144 Å². The molecule has 1 amide bonds. The first-order valence-corrected chi connectivity index (χ1v) is 22.7. The van der Waals surface area contributed by atoms with Crippen molar-refractivity contribution >= 4 is 31.4 Å². The second kappa shape index (κ2) is 21.3. The Bertz CT molecular complexity index is 2570. The predicted molar refractivity (Wildman–Crippen MR) is 249 cm³/mol. The molecule has 7 rings (SSSR count). The number of nitriles is 1.